The maximum atomic E-state index is 6.32. The number of hydrogen-bond donors (Lipinski definition) is 0. The Morgan fingerprint density at radius 2 is 0.909 bits per heavy atom. The van der Waals surface area contributed by atoms with Crippen molar-refractivity contribution < 1.29 is 4.42 Å². The summed E-state index contributed by atoms with van der Waals surface area (Å²) in [5.41, 5.74) is 7.43. The molecule has 0 atom stereocenters. The number of hydrogen-bond acceptors (Lipinski definition) is 2. The van der Waals surface area contributed by atoms with Crippen LogP contribution in [0.1, 0.15) is 0 Å². The van der Waals surface area contributed by atoms with E-state index in [9.17, 15) is 0 Å². The molecule has 2 nitrogen and oxygen atoms in total. The molecular formula is C42H27NO. The number of anilines is 3. The second-order valence-corrected chi connectivity index (χ2v) is 11.4. The first-order chi connectivity index (χ1) is 21.8. The third-order valence-corrected chi connectivity index (χ3v) is 8.82. The largest absolute Gasteiger partial charge is 0.456 e. The van der Waals surface area contributed by atoms with Crippen molar-refractivity contribution in [3.8, 4) is 11.1 Å². The molecule has 9 rings (SSSR count). The van der Waals surface area contributed by atoms with Crippen LogP contribution in [-0.2, 0) is 0 Å². The summed E-state index contributed by atoms with van der Waals surface area (Å²) in [4.78, 5) is 2.33. The van der Waals surface area contributed by atoms with Gasteiger partial charge in [0.2, 0.25) is 0 Å². The second-order valence-electron chi connectivity index (χ2n) is 11.4. The van der Waals surface area contributed by atoms with E-state index in [4.69, 9.17) is 4.42 Å². The third kappa shape index (κ3) is 3.96. The SMILES string of the molecule is c1ccc(-c2ccc(N(c3ccc4c(ccc5ccc6ccccc6c54)c3)c3ccc4c(c3)oc3ccccc34)cc2)cc1. The molecule has 0 amide bonds. The molecule has 8 aromatic carbocycles. The van der Waals surface area contributed by atoms with E-state index in [1.54, 1.807) is 0 Å². The van der Waals surface area contributed by atoms with E-state index >= 15 is 0 Å². The Morgan fingerprint density at radius 1 is 0.341 bits per heavy atom. The number of benzene rings is 8. The molecule has 9 aromatic rings. The lowest BCUT2D eigenvalue weighted by Gasteiger charge is -2.26. The van der Waals surface area contributed by atoms with Crippen molar-refractivity contribution in [3.63, 3.8) is 0 Å². The molecule has 0 spiro atoms. The quantitative estimate of drug-likeness (QED) is 0.199. The van der Waals surface area contributed by atoms with Gasteiger partial charge in [-0.3, -0.25) is 0 Å². The fourth-order valence-corrected chi connectivity index (χ4v) is 6.70. The maximum absolute atomic E-state index is 6.32. The Balaban J connectivity index is 1.24. The molecule has 0 N–H and O–H groups in total. The average Bonchev–Trinajstić information content (AvgIpc) is 3.47. The Bertz CT molecular complexity index is 2490. The van der Waals surface area contributed by atoms with E-state index in [1.807, 2.05) is 12.1 Å². The zero-order valence-corrected chi connectivity index (χ0v) is 23.9. The van der Waals surface area contributed by atoms with Crippen LogP contribution in [0.3, 0.4) is 0 Å². The highest BCUT2D eigenvalue weighted by molar-refractivity contribution is 6.20. The minimum atomic E-state index is 0.882. The molecule has 0 aliphatic heterocycles. The summed E-state index contributed by atoms with van der Waals surface area (Å²) >= 11 is 0. The molecule has 0 saturated carbocycles. The van der Waals surface area contributed by atoms with Gasteiger partial charge in [-0.2, -0.15) is 0 Å². The number of fused-ring (bicyclic) bond motifs is 8. The molecule has 1 aromatic heterocycles. The van der Waals surface area contributed by atoms with E-state index in [-0.39, 0.29) is 0 Å². The van der Waals surface area contributed by atoms with Crippen LogP contribution < -0.4 is 4.90 Å². The van der Waals surface area contributed by atoms with Crippen LogP contribution in [0.25, 0.3) is 65.4 Å². The molecule has 44 heavy (non-hydrogen) atoms. The van der Waals surface area contributed by atoms with Gasteiger partial charge in [0, 0.05) is 33.9 Å². The molecule has 0 fully saturated rings. The van der Waals surface area contributed by atoms with Crippen molar-refractivity contribution in [3.05, 3.63) is 164 Å². The highest BCUT2D eigenvalue weighted by Crippen LogP contribution is 2.41. The molecular weight excluding hydrogens is 534 g/mol. The van der Waals surface area contributed by atoms with Gasteiger partial charge in [-0.05, 0) is 85.9 Å². The van der Waals surface area contributed by atoms with Crippen molar-refractivity contribution in [1.29, 1.82) is 0 Å². The summed E-state index contributed by atoms with van der Waals surface area (Å²) in [7, 11) is 0. The van der Waals surface area contributed by atoms with Gasteiger partial charge in [0.25, 0.3) is 0 Å². The lowest BCUT2D eigenvalue weighted by Crippen LogP contribution is -2.09. The minimum Gasteiger partial charge on any atom is -0.456 e. The van der Waals surface area contributed by atoms with Crippen LogP contribution in [0, 0.1) is 0 Å². The summed E-state index contributed by atoms with van der Waals surface area (Å²) in [6.07, 6.45) is 0. The van der Waals surface area contributed by atoms with Crippen molar-refractivity contribution >= 4 is 71.3 Å². The van der Waals surface area contributed by atoms with Crippen molar-refractivity contribution in [2.75, 3.05) is 4.90 Å². The van der Waals surface area contributed by atoms with Crippen LogP contribution in [0.2, 0.25) is 0 Å². The zero-order valence-electron chi connectivity index (χ0n) is 23.9. The number of nitrogens with zero attached hydrogens (tertiary/aromatic N) is 1. The first-order valence-corrected chi connectivity index (χ1v) is 15.0. The molecule has 206 valence electrons. The summed E-state index contributed by atoms with van der Waals surface area (Å²) in [6.45, 7) is 0. The Labute approximate surface area is 255 Å². The molecule has 0 unspecified atom stereocenters. The first-order valence-electron chi connectivity index (χ1n) is 15.0. The highest BCUT2D eigenvalue weighted by atomic mass is 16.3. The van der Waals surface area contributed by atoms with Crippen LogP contribution in [-0.4, -0.2) is 0 Å². The molecule has 0 aliphatic carbocycles. The summed E-state index contributed by atoms with van der Waals surface area (Å²) in [5, 5.41) is 9.83. The zero-order chi connectivity index (χ0) is 29.0. The first kappa shape index (κ1) is 24.7. The van der Waals surface area contributed by atoms with E-state index in [0.717, 1.165) is 39.0 Å². The number of furan rings is 1. The predicted molar refractivity (Wildman–Crippen MR) is 186 cm³/mol. The second kappa shape index (κ2) is 9.86. The fraction of sp³-hybridized carbons (Fsp3) is 0. The maximum Gasteiger partial charge on any atom is 0.137 e. The highest BCUT2D eigenvalue weighted by Gasteiger charge is 2.17. The minimum absolute atomic E-state index is 0.882. The van der Waals surface area contributed by atoms with Gasteiger partial charge >= 0.3 is 0 Å². The molecule has 0 radical (unpaired) electrons. The lowest BCUT2D eigenvalue weighted by atomic mass is 9.96. The van der Waals surface area contributed by atoms with Crippen molar-refractivity contribution in [2.45, 2.75) is 0 Å². The lowest BCUT2D eigenvalue weighted by molar-refractivity contribution is 0.669. The number of rotatable bonds is 4. The van der Waals surface area contributed by atoms with E-state index in [2.05, 4.69) is 157 Å². The topological polar surface area (TPSA) is 16.4 Å². The van der Waals surface area contributed by atoms with Gasteiger partial charge in [-0.1, -0.05) is 115 Å². The van der Waals surface area contributed by atoms with Crippen LogP contribution in [0.15, 0.2) is 168 Å². The smallest absolute Gasteiger partial charge is 0.137 e. The van der Waals surface area contributed by atoms with Gasteiger partial charge in [0.1, 0.15) is 11.2 Å². The normalized spacial score (nSPS) is 11.6. The Morgan fingerprint density at radius 3 is 1.75 bits per heavy atom. The van der Waals surface area contributed by atoms with Crippen LogP contribution >= 0.6 is 0 Å². The van der Waals surface area contributed by atoms with Gasteiger partial charge in [0.05, 0.1) is 0 Å². The van der Waals surface area contributed by atoms with Crippen LogP contribution in [0.4, 0.5) is 17.1 Å². The summed E-state index contributed by atoms with van der Waals surface area (Å²) in [5.74, 6) is 0. The fourth-order valence-electron chi connectivity index (χ4n) is 6.70. The molecule has 0 saturated heterocycles. The van der Waals surface area contributed by atoms with Gasteiger partial charge < -0.3 is 9.32 Å². The van der Waals surface area contributed by atoms with E-state index in [0.29, 0.717) is 0 Å². The Hall–Kier alpha value is -5.86. The molecule has 1 heterocycles. The molecule has 2 heteroatoms. The van der Waals surface area contributed by atoms with Gasteiger partial charge in [0.15, 0.2) is 0 Å². The van der Waals surface area contributed by atoms with Gasteiger partial charge in [-0.25, -0.2) is 0 Å². The monoisotopic (exact) mass is 561 g/mol. The standard InChI is InChI=1S/C42H27NO/c1-2-8-28(9-3-1)29-18-20-33(21-19-29)43(35-23-25-39-38-12-6-7-13-40(38)44-41(39)27-35)34-22-24-37-32(26-34)17-16-31-15-14-30-10-4-5-11-36(30)42(31)37/h1-27H. The molecule has 0 aliphatic rings. The summed E-state index contributed by atoms with van der Waals surface area (Å²) in [6, 6.07) is 58.6. The van der Waals surface area contributed by atoms with Crippen molar-refractivity contribution in [2.24, 2.45) is 0 Å². The molecule has 0 bridgehead atoms. The average molecular weight is 562 g/mol. The van der Waals surface area contributed by atoms with E-state index in [1.165, 1.54) is 43.4 Å². The van der Waals surface area contributed by atoms with E-state index < -0.39 is 0 Å². The third-order valence-electron chi connectivity index (χ3n) is 8.82. The predicted octanol–water partition coefficient (Wildman–Crippen LogP) is 12.2. The van der Waals surface area contributed by atoms with Crippen LogP contribution in [0.5, 0.6) is 0 Å². The van der Waals surface area contributed by atoms with Gasteiger partial charge in [-0.15, -0.1) is 0 Å². The summed E-state index contributed by atoms with van der Waals surface area (Å²) < 4.78 is 6.32. The van der Waals surface area contributed by atoms with Crippen molar-refractivity contribution in [1.82, 2.24) is 0 Å². The Kier molecular flexibility index (Phi) is 5.54. The number of para-hydroxylation sites is 1.